The van der Waals surface area contributed by atoms with E-state index >= 15 is 0 Å². The van der Waals surface area contributed by atoms with E-state index in [-0.39, 0.29) is 37.1 Å². The number of hydrogen-bond acceptors (Lipinski definition) is 4. The van der Waals surface area contributed by atoms with Crippen LogP contribution < -0.4 is 0 Å². The van der Waals surface area contributed by atoms with Crippen molar-refractivity contribution in [1.29, 1.82) is 0 Å². The molecule has 173 valence electrons. The van der Waals surface area contributed by atoms with Gasteiger partial charge >= 0.3 is 0 Å². The second-order valence-corrected chi connectivity index (χ2v) is 9.95. The van der Waals surface area contributed by atoms with E-state index in [1.165, 1.54) is 22.4 Å². The molecule has 1 aromatic carbocycles. The van der Waals surface area contributed by atoms with Gasteiger partial charge in [0.25, 0.3) is 0 Å². The summed E-state index contributed by atoms with van der Waals surface area (Å²) in [7, 11) is 0. The van der Waals surface area contributed by atoms with Crippen LogP contribution in [0.1, 0.15) is 52.7 Å². The predicted molar refractivity (Wildman–Crippen MR) is 129 cm³/mol. The first-order valence-electron chi connectivity index (χ1n) is 10.5. The Morgan fingerprint density at radius 3 is 2.06 bits per heavy atom. The third-order valence-electron chi connectivity index (χ3n) is 4.93. The Morgan fingerprint density at radius 2 is 1.50 bits per heavy atom. The van der Waals surface area contributed by atoms with E-state index in [0.29, 0.717) is 0 Å². The quantitative estimate of drug-likeness (QED) is 0.251. The molecule has 3 rings (SSSR count). The molecule has 1 N–H and O–H groups in total. The molecule has 2 heterocycles. The van der Waals surface area contributed by atoms with Crippen molar-refractivity contribution in [3.63, 3.8) is 0 Å². The summed E-state index contributed by atoms with van der Waals surface area (Å²) in [5, 5.41) is 11.9. The Kier molecular flexibility index (Phi) is 9.49. The van der Waals surface area contributed by atoms with Gasteiger partial charge in [0.15, 0.2) is 5.78 Å². The van der Waals surface area contributed by atoms with E-state index in [2.05, 4.69) is 48.1 Å². The first-order valence-corrected chi connectivity index (χ1v) is 10.5. The monoisotopic (exact) mass is 611 g/mol. The normalized spacial score (nSPS) is 11.9. The number of ketones is 1. The van der Waals surface area contributed by atoms with Gasteiger partial charge in [0, 0.05) is 54.8 Å². The number of rotatable bonds is 2. The molecule has 32 heavy (non-hydrogen) atoms. The molecule has 0 aliphatic rings. The van der Waals surface area contributed by atoms with Crippen LogP contribution in [0.4, 0.5) is 0 Å². The predicted octanol–water partition coefficient (Wildman–Crippen LogP) is 7.00. The topological polar surface area (TPSA) is 63.1 Å². The number of aromatic nitrogens is 2. The zero-order valence-corrected chi connectivity index (χ0v) is 22.7. The van der Waals surface area contributed by atoms with Crippen LogP contribution in [0.15, 0.2) is 60.6 Å². The third kappa shape index (κ3) is 7.36. The molecule has 0 atom stereocenters. The van der Waals surface area contributed by atoms with Crippen molar-refractivity contribution >= 4 is 16.6 Å². The summed E-state index contributed by atoms with van der Waals surface area (Å²) in [6.45, 7) is 15.3. The number of nitrogens with zero attached hydrogens (tertiary/aromatic N) is 2. The number of aliphatic hydroxyl groups excluding tert-OH is 1. The molecule has 0 saturated heterocycles. The molecule has 0 spiro atoms. The maximum Gasteiger partial charge on any atom is 0.164 e. The van der Waals surface area contributed by atoms with Crippen LogP contribution in [0.5, 0.6) is 0 Å². The van der Waals surface area contributed by atoms with Crippen molar-refractivity contribution in [1.82, 2.24) is 9.97 Å². The Labute approximate surface area is 205 Å². The summed E-state index contributed by atoms with van der Waals surface area (Å²) < 4.78 is 0. The van der Waals surface area contributed by atoms with Crippen molar-refractivity contribution in [2.45, 2.75) is 55.4 Å². The number of aryl methyl sites for hydroxylation is 2. The zero-order chi connectivity index (χ0) is 23.4. The number of fused-ring (bicyclic) bond motifs is 1. The fourth-order valence-corrected chi connectivity index (χ4v) is 2.76. The minimum absolute atomic E-state index is 0. The molecule has 5 heteroatoms. The van der Waals surface area contributed by atoms with Gasteiger partial charge in [-0.15, -0.1) is 0 Å². The SMILES string of the molecule is CC(C)(C)C(=O)/C=C(\O)C(C)(C)C.Cc1ccc2ccnc(-c3ncccc3C)c2c1.[Ir]. The first kappa shape index (κ1) is 27.7. The number of benzene rings is 1. The standard InChI is InChI=1S/C16H14N2.C11H20O2.Ir/c1-11-5-6-13-7-9-18-16(14(13)10-11)15-12(2)4-3-8-17-15;1-10(2,3)8(12)7-9(13)11(4,5)6;/h3-10H,1-2H3;7,12H,1-6H3;/b;8-7-;. The molecule has 0 fully saturated rings. The van der Waals surface area contributed by atoms with Crippen LogP contribution in [-0.2, 0) is 24.9 Å². The van der Waals surface area contributed by atoms with Gasteiger partial charge in [-0.3, -0.25) is 14.8 Å². The zero-order valence-electron chi connectivity index (χ0n) is 20.3. The van der Waals surface area contributed by atoms with Crippen LogP contribution in [-0.4, -0.2) is 20.9 Å². The summed E-state index contributed by atoms with van der Waals surface area (Å²) in [6.07, 6.45) is 5.00. The summed E-state index contributed by atoms with van der Waals surface area (Å²) in [4.78, 5) is 20.5. The van der Waals surface area contributed by atoms with Crippen LogP contribution in [0.25, 0.3) is 22.2 Å². The van der Waals surface area contributed by atoms with E-state index in [1.807, 2.05) is 66.1 Å². The molecule has 1 radical (unpaired) electrons. The van der Waals surface area contributed by atoms with Gasteiger partial charge in [-0.25, -0.2) is 0 Å². The molecule has 0 aliphatic carbocycles. The average Bonchev–Trinajstić information content (AvgIpc) is 2.67. The Morgan fingerprint density at radius 1 is 0.875 bits per heavy atom. The number of aliphatic hydroxyl groups is 1. The summed E-state index contributed by atoms with van der Waals surface area (Å²) >= 11 is 0. The molecular formula is C27H34IrN2O2. The van der Waals surface area contributed by atoms with Crippen LogP contribution in [0.3, 0.4) is 0 Å². The van der Waals surface area contributed by atoms with E-state index in [0.717, 1.165) is 17.0 Å². The van der Waals surface area contributed by atoms with Crippen molar-refractivity contribution in [3.05, 3.63) is 71.8 Å². The molecule has 0 bridgehead atoms. The largest absolute Gasteiger partial charge is 0.512 e. The van der Waals surface area contributed by atoms with Crippen LogP contribution in [0, 0.1) is 24.7 Å². The molecule has 4 nitrogen and oxygen atoms in total. The maximum atomic E-state index is 11.5. The number of carbonyl (C=O) groups excluding carboxylic acids is 1. The Hall–Kier alpha value is -2.36. The van der Waals surface area contributed by atoms with Crippen molar-refractivity contribution < 1.29 is 30.0 Å². The third-order valence-corrected chi connectivity index (χ3v) is 4.93. The van der Waals surface area contributed by atoms with Gasteiger partial charge < -0.3 is 5.11 Å². The number of carbonyl (C=O) groups is 1. The first-order chi connectivity index (χ1) is 14.3. The Balaban J connectivity index is 0.000000330. The molecule has 0 unspecified atom stereocenters. The van der Waals surface area contributed by atoms with Crippen molar-refractivity contribution in [3.8, 4) is 11.4 Å². The molecule has 0 saturated carbocycles. The molecule has 0 amide bonds. The van der Waals surface area contributed by atoms with Crippen molar-refractivity contribution in [2.24, 2.45) is 10.8 Å². The van der Waals surface area contributed by atoms with E-state index in [9.17, 15) is 9.90 Å². The molecule has 3 aromatic rings. The van der Waals surface area contributed by atoms with Gasteiger partial charge in [0.05, 0.1) is 11.4 Å². The van der Waals surface area contributed by atoms with Gasteiger partial charge in [-0.2, -0.15) is 0 Å². The fraction of sp³-hybridized carbons (Fsp3) is 0.370. The van der Waals surface area contributed by atoms with E-state index in [4.69, 9.17) is 0 Å². The molecule has 2 aromatic heterocycles. The summed E-state index contributed by atoms with van der Waals surface area (Å²) in [5.74, 6) is 0.104. The average molecular weight is 611 g/mol. The minimum atomic E-state index is -0.417. The number of hydrogen-bond donors (Lipinski definition) is 1. The van der Waals surface area contributed by atoms with Gasteiger partial charge in [-0.05, 0) is 43.0 Å². The molecular weight excluding hydrogens is 577 g/mol. The molecule has 0 aliphatic heterocycles. The van der Waals surface area contributed by atoms with Gasteiger partial charge in [0.2, 0.25) is 0 Å². The summed E-state index contributed by atoms with van der Waals surface area (Å²) in [5.41, 5.74) is 3.56. The van der Waals surface area contributed by atoms with Gasteiger partial charge in [0.1, 0.15) is 5.76 Å². The van der Waals surface area contributed by atoms with Gasteiger partial charge in [-0.1, -0.05) is 65.3 Å². The number of pyridine rings is 2. The Bertz CT molecular complexity index is 1110. The van der Waals surface area contributed by atoms with Crippen LogP contribution >= 0.6 is 0 Å². The second kappa shape index (κ2) is 11.0. The summed E-state index contributed by atoms with van der Waals surface area (Å²) in [6, 6.07) is 12.5. The van der Waals surface area contributed by atoms with Crippen molar-refractivity contribution in [2.75, 3.05) is 0 Å². The maximum absolute atomic E-state index is 11.5. The van der Waals surface area contributed by atoms with E-state index < -0.39 is 5.41 Å². The minimum Gasteiger partial charge on any atom is -0.512 e. The number of allylic oxidation sites excluding steroid dienone is 2. The van der Waals surface area contributed by atoms with Crippen LogP contribution in [0.2, 0.25) is 0 Å². The fourth-order valence-electron chi connectivity index (χ4n) is 2.76. The smallest absolute Gasteiger partial charge is 0.164 e. The van der Waals surface area contributed by atoms with E-state index in [1.54, 1.807) is 0 Å². The second-order valence-electron chi connectivity index (χ2n) is 9.95.